The first-order chi connectivity index (χ1) is 18.3. The topological polar surface area (TPSA) is 114 Å². The Morgan fingerprint density at radius 1 is 1.21 bits per heavy atom. The van der Waals surface area contributed by atoms with Crippen molar-refractivity contribution in [2.75, 3.05) is 17.2 Å². The number of hydrogen-bond donors (Lipinski definition) is 1. The van der Waals surface area contributed by atoms with E-state index >= 15 is 4.39 Å². The smallest absolute Gasteiger partial charge is 0.266 e. The molecule has 0 aliphatic heterocycles. The molecule has 0 saturated carbocycles. The first kappa shape index (κ1) is 26.2. The normalized spacial score (nSPS) is 11.4. The second-order valence-electron chi connectivity index (χ2n) is 8.67. The van der Waals surface area contributed by atoms with Crippen molar-refractivity contribution in [2.24, 2.45) is 0 Å². The van der Waals surface area contributed by atoms with Gasteiger partial charge in [0.1, 0.15) is 23.3 Å². The average molecular weight is 510 g/mol. The van der Waals surface area contributed by atoms with Crippen molar-refractivity contribution in [3.8, 4) is 11.8 Å². The maximum absolute atomic E-state index is 15.1. The van der Waals surface area contributed by atoms with Crippen LogP contribution in [0.5, 0.6) is 0 Å². The van der Waals surface area contributed by atoms with E-state index in [1.54, 1.807) is 32.1 Å². The number of nitriles is 1. The quantitative estimate of drug-likeness (QED) is 0.329. The van der Waals surface area contributed by atoms with Crippen LogP contribution >= 0.6 is 0 Å². The van der Waals surface area contributed by atoms with Crippen LogP contribution in [0.4, 0.5) is 16.2 Å². The SMILES string of the molecule is C=C/C(=C\C)c1c(F)ccc2nc(CN(CCC)c3nc(N)nc(C)c3C#N)n(-c3ccccc3)c(=O)c12. The second-order valence-corrected chi connectivity index (χ2v) is 8.67. The highest BCUT2D eigenvalue weighted by molar-refractivity contribution is 5.94. The molecular weight excluding hydrogens is 481 g/mol. The van der Waals surface area contributed by atoms with Gasteiger partial charge in [-0.3, -0.25) is 9.36 Å². The fraction of sp³-hybridized carbons (Fsp3) is 0.207. The molecule has 0 aliphatic rings. The maximum atomic E-state index is 15.1. The number of anilines is 2. The van der Waals surface area contributed by atoms with E-state index in [9.17, 15) is 10.1 Å². The summed E-state index contributed by atoms with van der Waals surface area (Å²) in [6.07, 6.45) is 3.96. The van der Waals surface area contributed by atoms with Gasteiger partial charge in [0.05, 0.1) is 28.8 Å². The first-order valence-corrected chi connectivity index (χ1v) is 12.2. The number of nitrogens with zero attached hydrogens (tertiary/aromatic N) is 6. The molecule has 192 valence electrons. The minimum atomic E-state index is -0.532. The molecule has 4 aromatic rings. The van der Waals surface area contributed by atoms with Crippen molar-refractivity contribution in [1.82, 2.24) is 19.5 Å². The highest BCUT2D eigenvalue weighted by atomic mass is 19.1. The lowest BCUT2D eigenvalue weighted by molar-refractivity contribution is 0.625. The monoisotopic (exact) mass is 509 g/mol. The summed E-state index contributed by atoms with van der Waals surface area (Å²) >= 11 is 0. The van der Waals surface area contributed by atoms with Gasteiger partial charge < -0.3 is 10.6 Å². The molecule has 8 nitrogen and oxygen atoms in total. The Bertz CT molecular complexity index is 1650. The van der Waals surface area contributed by atoms with Gasteiger partial charge in [-0.1, -0.05) is 43.9 Å². The minimum Gasteiger partial charge on any atom is -0.368 e. The van der Waals surface area contributed by atoms with Gasteiger partial charge in [0.15, 0.2) is 5.82 Å². The molecule has 2 N–H and O–H groups in total. The lowest BCUT2D eigenvalue weighted by Gasteiger charge is -2.26. The van der Waals surface area contributed by atoms with Crippen molar-refractivity contribution in [1.29, 1.82) is 5.26 Å². The number of halogens is 1. The summed E-state index contributed by atoms with van der Waals surface area (Å²) in [6, 6.07) is 14.0. The highest BCUT2D eigenvalue weighted by Gasteiger charge is 2.23. The van der Waals surface area contributed by atoms with Crippen molar-refractivity contribution < 1.29 is 4.39 Å². The van der Waals surface area contributed by atoms with E-state index in [0.29, 0.717) is 46.2 Å². The van der Waals surface area contributed by atoms with Crippen LogP contribution in [0, 0.1) is 24.1 Å². The zero-order valence-electron chi connectivity index (χ0n) is 21.6. The molecule has 0 fully saturated rings. The number of para-hydroxylation sites is 1. The third kappa shape index (κ3) is 4.76. The number of nitrogens with two attached hydrogens (primary N) is 1. The summed E-state index contributed by atoms with van der Waals surface area (Å²) in [5.74, 6) is 0.290. The van der Waals surface area contributed by atoms with Crippen LogP contribution in [0.3, 0.4) is 0 Å². The molecular formula is C29H28FN7O. The molecule has 0 bridgehead atoms. The standard InChI is InChI=1S/C29H28FN7O/c1-5-15-36(27-21(16-31)18(4)33-29(32)35-27)17-24-34-23-14-13-22(30)25(19(6-2)7-3)26(23)28(38)37(24)20-11-9-8-10-12-20/h6-14H,2,5,15,17H2,1,3-4H3,(H2,32,33,35)/b19-7+. The molecule has 2 heterocycles. The zero-order chi connectivity index (χ0) is 27.4. The molecule has 0 radical (unpaired) electrons. The van der Waals surface area contributed by atoms with Crippen LogP contribution in [0.25, 0.3) is 22.2 Å². The number of nitrogen functional groups attached to an aromatic ring is 1. The molecule has 0 unspecified atom stereocenters. The van der Waals surface area contributed by atoms with Gasteiger partial charge >= 0.3 is 0 Å². The van der Waals surface area contributed by atoms with Crippen LogP contribution < -0.4 is 16.2 Å². The average Bonchev–Trinajstić information content (AvgIpc) is 2.90. The van der Waals surface area contributed by atoms with Gasteiger partial charge in [0.25, 0.3) is 5.56 Å². The number of aryl methyl sites for hydroxylation is 1. The van der Waals surface area contributed by atoms with E-state index in [-0.39, 0.29) is 23.4 Å². The van der Waals surface area contributed by atoms with E-state index in [1.165, 1.54) is 22.8 Å². The number of aromatic nitrogens is 4. The fourth-order valence-electron chi connectivity index (χ4n) is 4.53. The molecule has 4 rings (SSSR count). The van der Waals surface area contributed by atoms with Gasteiger partial charge in [-0.05, 0) is 50.1 Å². The third-order valence-electron chi connectivity index (χ3n) is 6.22. The highest BCUT2D eigenvalue weighted by Crippen LogP contribution is 2.28. The minimum absolute atomic E-state index is 0.0490. The number of rotatable bonds is 8. The predicted octanol–water partition coefficient (Wildman–Crippen LogP) is 5.08. The van der Waals surface area contributed by atoms with Gasteiger partial charge in [-0.25, -0.2) is 14.4 Å². The van der Waals surface area contributed by atoms with Crippen molar-refractivity contribution >= 4 is 28.2 Å². The number of allylic oxidation sites excluding steroid dienone is 3. The van der Waals surface area contributed by atoms with Crippen molar-refractivity contribution in [3.05, 3.63) is 100 Å². The predicted molar refractivity (Wildman–Crippen MR) is 148 cm³/mol. The molecule has 0 spiro atoms. The number of hydrogen-bond acceptors (Lipinski definition) is 7. The lowest BCUT2D eigenvalue weighted by Crippen LogP contribution is -2.32. The molecule has 0 amide bonds. The largest absolute Gasteiger partial charge is 0.368 e. The summed E-state index contributed by atoms with van der Waals surface area (Å²) < 4.78 is 16.6. The Balaban J connectivity index is 2.04. The first-order valence-electron chi connectivity index (χ1n) is 12.2. The molecule has 9 heteroatoms. The summed E-state index contributed by atoms with van der Waals surface area (Å²) in [7, 11) is 0. The van der Waals surface area contributed by atoms with Crippen LogP contribution in [0.2, 0.25) is 0 Å². The Morgan fingerprint density at radius 2 is 1.95 bits per heavy atom. The zero-order valence-corrected chi connectivity index (χ0v) is 21.6. The molecule has 0 atom stereocenters. The maximum Gasteiger partial charge on any atom is 0.266 e. The Kier molecular flexibility index (Phi) is 7.63. The van der Waals surface area contributed by atoms with Gasteiger partial charge in [0, 0.05) is 12.1 Å². The Labute approximate surface area is 220 Å². The molecule has 0 aliphatic carbocycles. The summed E-state index contributed by atoms with van der Waals surface area (Å²) in [5, 5.41) is 9.99. The van der Waals surface area contributed by atoms with Gasteiger partial charge in [-0.2, -0.15) is 10.2 Å². The summed E-state index contributed by atoms with van der Waals surface area (Å²) in [4.78, 5) is 29.3. The van der Waals surface area contributed by atoms with E-state index < -0.39 is 11.4 Å². The Hall–Kier alpha value is -4.84. The number of benzene rings is 2. The third-order valence-corrected chi connectivity index (χ3v) is 6.22. The van der Waals surface area contributed by atoms with E-state index in [2.05, 4.69) is 22.6 Å². The molecule has 38 heavy (non-hydrogen) atoms. The molecule has 2 aromatic carbocycles. The van der Waals surface area contributed by atoms with E-state index in [1.807, 2.05) is 30.0 Å². The summed E-state index contributed by atoms with van der Waals surface area (Å²) in [6.45, 7) is 9.91. The number of fused-ring (bicyclic) bond motifs is 1. The van der Waals surface area contributed by atoms with Crippen LogP contribution in [-0.2, 0) is 6.54 Å². The fourth-order valence-corrected chi connectivity index (χ4v) is 4.53. The van der Waals surface area contributed by atoms with Crippen LogP contribution in [0.15, 0.2) is 66.0 Å². The second kappa shape index (κ2) is 11.0. The van der Waals surface area contributed by atoms with Crippen molar-refractivity contribution in [2.45, 2.75) is 33.7 Å². The summed E-state index contributed by atoms with van der Waals surface area (Å²) in [5.41, 5.74) is 7.87. The molecule has 0 saturated heterocycles. The lowest BCUT2D eigenvalue weighted by atomic mass is 10.00. The van der Waals surface area contributed by atoms with Crippen LogP contribution in [-0.4, -0.2) is 26.1 Å². The van der Waals surface area contributed by atoms with Gasteiger partial charge in [0.2, 0.25) is 5.95 Å². The van der Waals surface area contributed by atoms with Gasteiger partial charge in [-0.15, -0.1) is 0 Å². The Morgan fingerprint density at radius 3 is 2.58 bits per heavy atom. The van der Waals surface area contributed by atoms with Crippen molar-refractivity contribution in [3.63, 3.8) is 0 Å². The van der Waals surface area contributed by atoms with E-state index in [0.717, 1.165) is 6.42 Å². The molecule has 2 aromatic heterocycles. The van der Waals surface area contributed by atoms with E-state index in [4.69, 9.17) is 10.7 Å². The van der Waals surface area contributed by atoms with Crippen LogP contribution in [0.1, 0.15) is 42.9 Å².